The Labute approximate surface area is 351 Å². The lowest BCUT2D eigenvalue weighted by Crippen LogP contribution is -2.36. The van der Waals surface area contributed by atoms with Crippen molar-refractivity contribution in [2.75, 3.05) is 25.0 Å². The number of β-amino-alcohol motifs (C(OH)–C–C–N with tert-alkyl or cyclic N) is 1. The number of nitrogens with zero attached hydrogens (tertiary/aromatic N) is 6. The number of piperidine rings is 1. The zero-order valence-electron chi connectivity index (χ0n) is 33.9. The molecule has 0 saturated carbocycles. The van der Waals surface area contributed by atoms with E-state index in [-0.39, 0.29) is 12.7 Å². The first-order valence-electron chi connectivity index (χ1n) is 20.5. The number of benzene rings is 3. The topological polar surface area (TPSA) is 120 Å². The normalized spacial score (nSPS) is 17.2. The van der Waals surface area contributed by atoms with Gasteiger partial charge in [0.1, 0.15) is 36.3 Å². The highest BCUT2D eigenvalue weighted by atomic mass is 35.5. The molecule has 10 nitrogen and oxygen atoms in total. The number of nitrogens with one attached hydrogen (secondary N) is 1. The minimum atomic E-state index is -0.247. The SMILES string of the molecule is Cc1c(COc2cc(OCc3cncc(C#N)c3)c(CN3CCCC[C@H]3C)cc2Cl)cccc1-c1cccc(Nc2nccc3cc(CN4CC[C@@H](O)C4)cnc23)c1C. The molecular formula is C48H50ClN7O3. The Morgan fingerprint density at radius 1 is 0.847 bits per heavy atom. The molecule has 2 aliphatic heterocycles. The lowest BCUT2D eigenvalue weighted by molar-refractivity contribution is 0.150. The van der Waals surface area contributed by atoms with Crippen molar-refractivity contribution in [3.63, 3.8) is 0 Å². The van der Waals surface area contributed by atoms with Crippen LogP contribution in [-0.4, -0.2) is 61.6 Å². The predicted octanol–water partition coefficient (Wildman–Crippen LogP) is 9.68. The molecule has 5 heterocycles. The van der Waals surface area contributed by atoms with Crippen molar-refractivity contribution in [3.8, 4) is 28.7 Å². The maximum atomic E-state index is 9.97. The van der Waals surface area contributed by atoms with Gasteiger partial charge in [0.25, 0.3) is 0 Å². The van der Waals surface area contributed by atoms with Crippen molar-refractivity contribution >= 4 is 34.0 Å². The third-order valence-corrected chi connectivity index (χ3v) is 12.1. The Bertz CT molecular complexity index is 2500. The summed E-state index contributed by atoms with van der Waals surface area (Å²) in [5, 5.41) is 24.5. The highest BCUT2D eigenvalue weighted by molar-refractivity contribution is 6.32. The van der Waals surface area contributed by atoms with Gasteiger partial charge in [-0.25, -0.2) is 4.98 Å². The number of rotatable bonds is 13. The first-order chi connectivity index (χ1) is 28.7. The summed E-state index contributed by atoms with van der Waals surface area (Å²) in [5.41, 5.74) is 10.7. The van der Waals surface area contributed by atoms with E-state index >= 15 is 0 Å². The Balaban J connectivity index is 1.01. The number of likely N-dealkylation sites (tertiary alicyclic amines) is 2. The summed E-state index contributed by atoms with van der Waals surface area (Å²) >= 11 is 6.96. The van der Waals surface area contributed by atoms with E-state index in [0.717, 1.165) is 93.7 Å². The number of ether oxygens (including phenoxy) is 2. The Hall–Kier alpha value is -5.57. The van der Waals surface area contributed by atoms with E-state index in [1.54, 1.807) is 18.5 Å². The van der Waals surface area contributed by atoms with E-state index in [9.17, 15) is 10.4 Å². The summed E-state index contributed by atoms with van der Waals surface area (Å²) in [7, 11) is 0. The highest BCUT2D eigenvalue weighted by Gasteiger charge is 2.23. The van der Waals surface area contributed by atoms with E-state index in [1.165, 1.54) is 19.3 Å². The third-order valence-electron chi connectivity index (χ3n) is 11.8. The molecule has 11 heteroatoms. The van der Waals surface area contributed by atoms with Crippen LogP contribution in [0.2, 0.25) is 5.02 Å². The quantitative estimate of drug-likeness (QED) is 0.117. The van der Waals surface area contributed by atoms with Crippen molar-refractivity contribution in [3.05, 3.63) is 135 Å². The van der Waals surface area contributed by atoms with Crippen molar-refractivity contribution < 1.29 is 14.6 Å². The Kier molecular flexibility index (Phi) is 12.4. The zero-order chi connectivity index (χ0) is 40.9. The molecule has 3 aromatic heterocycles. The average molecular weight is 808 g/mol. The summed E-state index contributed by atoms with van der Waals surface area (Å²) < 4.78 is 12.9. The van der Waals surface area contributed by atoms with Crippen molar-refractivity contribution in [1.82, 2.24) is 24.8 Å². The number of hydrogen-bond donors (Lipinski definition) is 2. The van der Waals surface area contributed by atoms with E-state index in [0.29, 0.717) is 47.1 Å². The van der Waals surface area contributed by atoms with Crippen LogP contribution in [0.25, 0.3) is 22.0 Å². The van der Waals surface area contributed by atoms with E-state index in [4.69, 9.17) is 26.1 Å². The molecule has 2 saturated heterocycles. The van der Waals surface area contributed by atoms with Gasteiger partial charge < -0.3 is 19.9 Å². The smallest absolute Gasteiger partial charge is 0.156 e. The van der Waals surface area contributed by atoms with Gasteiger partial charge in [0, 0.05) is 85.3 Å². The fraction of sp³-hybridized carbons (Fsp3) is 0.333. The number of pyridine rings is 3. The number of aromatic nitrogens is 3. The molecule has 302 valence electrons. The molecule has 0 aliphatic carbocycles. The van der Waals surface area contributed by atoms with E-state index in [2.05, 4.69) is 94.4 Å². The van der Waals surface area contributed by atoms with Gasteiger partial charge in [-0.05, 0) is 110 Å². The van der Waals surface area contributed by atoms with Crippen LogP contribution < -0.4 is 14.8 Å². The van der Waals surface area contributed by atoms with Gasteiger partial charge in [-0.15, -0.1) is 0 Å². The zero-order valence-corrected chi connectivity index (χ0v) is 34.7. The van der Waals surface area contributed by atoms with Gasteiger partial charge >= 0.3 is 0 Å². The van der Waals surface area contributed by atoms with Gasteiger partial charge in [0.2, 0.25) is 0 Å². The fourth-order valence-corrected chi connectivity index (χ4v) is 8.56. The monoisotopic (exact) mass is 807 g/mol. The minimum absolute atomic E-state index is 0.247. The van der Waals surface area contributed by atoms with E-state index in [1.807, 2.05) is 30.6 Å². The Morgan fingerprint density at radius 3 is 2.49 bits per heavy atom. The first-order valence-corrected chi connectivity index (χ1v) is 20.9. The van der Waals surface area contributed by atoms with Crippen molar-refractivity contribution in [2.24, 2.45) is 0 Å². The molecule has 2 N–H and O–H groups in total. The molecular weight excluding hydrogens is 758 g/mol. The van der Waals surface area contributed by atoms with Crippen LogP contribution in [0, 0.1) is 25.2 Å². The molecule has 0 radical (unpaired) electrons. The standard InChI is InChI=1S/C48H50ClN7O3/c1-31-8-4-5-16-56(31)27-39-20-43(49)46(21-45(39)58-29-36-18-34(22-50)23-51-24-36)59-30-38-9-6-10-41(32(38)2)42-11-7-12-44(33(42)3)54-48-47-37(13-15-52-48)19-35(25-53-47)26-55-17-14-40(57)28-55/h6-7,9-13,15,18-21,23-25,31,40,57H,4-5,8,14,16-17,26-30H2,1-3H3,(H,52,54)/t31-,40-/m1/s1. The second-order valence-electron chi connectivity index (χ2n) is 15.9. The predicted molar refractivity (Wildman–Crippen MR) is 233 cm³/mol. The van der Waals surface area contributed by atoms with Crippen LogP contribution in [0.15, 0.2) is 91.5 Å². The second-order valence-corrected chi connectivity index (χ2v) is 16.3. The van der Waals surface area contributed by atoms with Gasteiger partial charge in [-0.2, -0.15) is 5.26 Å². The maximum absolute atomic E-state index is 9.97. The lowest BCUT2D eigenvalue weighted by atomic mass is 9.93. The maximum Gasteiger partial charge on any atom is 0.156 e. The summed E-state index contributed by atoms with van der Waals surface area (Å²) in [5.74, 6) is 1.95. The number of halogens is 1. The second kappa shape index (κ2) is 18.1. The summed E-state index contributed by atoms with van der Waals surface area (Å²) in [6.45, 7) is 11.2. The summed E-state index contributed by atoms with van der Waals surface area (Å²) in [6, 6.07) is 25.1. The first kappa shape index (κ1) is 40.2. The number of fused-ring (bicyclic) bond motifs is 1. The molecule has 6 aromatic rings. The average Bonchev–Trinajstić information content (AvgIpc) is 3.66. The molecule has 2 fully saturated rings. The molecule has 2 aliphatic rings. The van der Waals surface area contributed by atoms with Crippen LogP contribution in [0.3, 0.4) is 0 Å². The van der Waals surface area contributed by atoms with Gasteiger partial charge in [0.05, 0.1) is 16.7 Å². The fourth-order valence-electron chi connectivity index (χ4n) is 8.32. The number of nitriles is 1. The molecule has 2 atom stereocenters. The molecule has 0 amide bonds. The largest absolute Gasteiger partial charge is 0.488 e. The lowest BCUT2D eigenvalue weighted by Gasteiger charge is -2.33. The Morgan fingerprint density at radius 2 is 1.68 bits per heavy atom. The molecule has 3 aromatic carbocycles. The van der Waals surface area contributed by atoms with Crippen LogP contribution >= 0.6 is 11.6 Å². The van der Waals surface area contributed by atoms with Crippen LogP contribution in [0.1, 0.15) is 71.6 Å². The van der Waals surface area contributed by atoms with Crippen LogP contribution in [0.4, 0.5) is 11.5 Å². The summed E-state index contributed by atoms with van der Waals surface area (Å²) in [4.78, 5) is 18.5. The number of anilines is 2. The number of hydrogen-bond acceptors (Lipinski definition) is 10. The minimum Gasteiger partial charge on any atom is -0.488 e. The highest BCUT2D eigenvalue weighted by Crippen LogP contribution is 2.38. The van der Waals surface area contributed by atoms with Crippen LogP contribution in [0.5, 0.6) is 11.5 Å². The molecule has 59 heavy (non-hydrogen) atoms. The molecule has 0 spiro atoms. The van der Waals surface area contributed by atoms with Crippen LogP contribution in [-0.2, 0) is 26.3 Å². The van der Waals surface area contributed by atoms with Gasteiger partial charge in [-0.3, -0.25) is 19.8 Å². The number of aliphatic hydroxyl groups is 1. The van der Waals surface area contributed by atoms with Crippen molar-refractivity contribution in [2.45, 2.75) is 84.9 Å². The number of aliphatic hydroxyl groups excluding tert-OH is 1. The van der Waals surface area contributed by atoms with Gasteiger partial charge in [0.15, 0.2) is 5.82 Å². The third kappa shape index (κ3) is 9.35. The molecule has 8 rings (SSSR count). The summed E-state index contributed by atoms with van der Waals surface area (Å²) in [6.07, 6.45) is 11.2. The van der Waals surface area contributed by atoms with Gasteiger partial charge in [-0.1, -0.05) is 48.4 Å². The molecule has 0 unspecified atom stereocenters. The molecule has 0 bridgehead atoms. The van der Waals surface area contributed by atoms with Crippen molar-refractivity contribution in [1.29, 1.82) is 5.26 Å². The van der Waals surface area contributed by atoms with E-state index < -0.39 is 0 Å².